The molecule has 4 nitrogen and oxygen atoms in total. The van der Waals surface area contributed by atoms with Crippen molar-refractivity contribution in [2.75, 3.05) is 0 Å². The summed E-state index contributed by atoms with van der Waals surface area (Å²) in [6.07, 6.45) is 4.13. The number of hydrogen-bond donors (Lipinski definition) is 0. The maximum Gasteiger partial charge on any atom is 0.145 e. The number of benzene rings is 8. The van der Waals surface area contributed by atoms with E-state index in [0.29, 0.717) is 0 Å². The van der Waals surface area contributed by atoms with Crippen molar-refractivity contribution in [2.45, 2.75) is 22.1 Å². The van der Waals surface area contributed by atoms with Crippen LogP contribution in [0.3, 0.4) is 0 Å². The lowest BCUT2D eigenvalue weighted by atomic mass is 9.63. The predicted molar refractivity (Wildman–Crippen MR) is 258 cm³/mol. The van der Waals surface area contributed by atoms with E-state index in [2.05, 4.69) is 221 Å². The highest BCUT2D eigenvalue weighted by Crippen LogP contribution is 2.59. The molecule has 0 bridgehead atoms. The van der Waals surface area contributed by atoms with Crippen molar-refractivity contribution in [3.63, 3.8) is 0 Å². The maximum atomic E-state index is 5.18. The predicted octanol–water partition coefficient (Wildman–Crippen LogP) is 12.7. The molecule has 1 spiro atoms. The summed E-state index contributed by atoms with van der Waals surface area (Å²) < 4.78 is 7.23. The van der Waals surface area contributed by atoms with Gasteiger partial charge in [-0.3, -0.25) is 4.57 Å². The monoisotopic (exact) mass is 810 g/mol. The average molecular weight is 811 g/mol. The Bertz CT molecular complexity index is 3810. The third kappa shape index (κ3) is 4.66. The minimum absolute atomic E-state index is 0.572. The molecular weight excluding hydrogens is 773 g/mol. The smallest absolute Gasteiger partial charge is 0.145 e. The van der Waals surface area contributed by atoms with Gasteiger partial charge in [0.05, 0.1) is 44.0 Å². The molecule has 5 heterocycles. The minimum atomic E-state index is -0.572. The highest BCUT2D eigenvalue weighted by molar-refractivity contribution is 7.99. The average Bonchev–Trinajstić information content (AvgIpc) is 3.98. The summed E-state index contributed by atoms with van der Waals surface area (Å²) in [6.45, 7) is 6.57. The first-order valence-electron chi connectivity index (χ1n) is 21.2. The van der Waals surface area contributed by atoms with E-state index in [1.807, 2.05) is 17.8 Å². The molecule has 62 heavy (non-hydrogen) atoms. The summed E-state index contributed by atoms with van der Waals surface area (Å²) in [5, 5.41) is 6.14. The van der Waals surface area contributed by atoms with Gasteiger partial charge in [-0.15, -0.1) is 0 Å². The van der Waals surface area contributed by atoms with Gasteiger partial charge in [-0.1, -0.05) is 134 Å². The molecule has 292 valence electrons. The van der Waals surface area contributed by atoms with E-state index in [1.54, 1.807) is 0 Å². The normalized spacial score (nSPS) is 15.6. The summed E-state index contributed by atoms with van der Waals surface area (Å²) >= 11 is 1.89. The number of imidazole rings is 1. The van der Waals surface area contributed by atoms with Crippen molar-refractivity contribution in [1.82, 2.24) is 18.7 Å². The number of hydrogen-bond acceptors (Lipinski definition) is 2. The van der Waals surface area contributed by atoms with E-state index < -0.39 is 5.41 Å². The van der Waals surface area contributed by atoms with E-state index in [4.69, 9.17) is 4.98 Å². The summed E-state index contributed by atoms with van der Waals surface area (Å²) in [5.41, 5.74) is 14.7. The molecule has 0 radical (unpaired) electrons. The molecule has 0 fully saturated rings. The Kier molecular flexibility index (Phi) is 7.49. The minimum Gasteiger partial charge on any atom is -0.309 e. The zero-order valence-electron chi connectivity index (χ0n) is 34.0. The van der Waals surface area contributed by atoms with E-state index in [1.165, 1.54) is 81.0 Å². The van der Waals surface area contributed by atoms with Crippen molar-refractivity contribution in [1.29, 1.82) is 0 Å². The first kappa shape index (κ1) is 35.2. The number of fused-ring (bicyclic) bond motifs is 14. The summed E-state index contributed by atoms with van der Waals surface area (Å²) in [4.78, 5) is 7.75. The van der Waals surface area contributed by atoms with Crippen molar-refractivity contribution < 1.29 is 0 Å². The fourth-order valence-electron chi connectivity index (χ4n) is 10.8. The topological polar surface area (TPSA) is 27.7 Å². The molecule has 1 atom stereocenters. The second-order valence-corrected chi connectivity index (χ2v) is 17.5. The SMILES string of the molecule is C=C/C=c1\c2n(c3ccccc13)-c1ccccc1C1(C=2C)c2ccccc2Sc2cc3c4ccccc4n(-c4ccc(-c5nc6ccccc6n5-c5ccccc5)cc4)c3cc21. The van der Waals surface area contributed by atoms with Crippen LogP contribution in [-0.2, 0) is 5.41 Å². The van der Waals surface area contributed by atoms with Crippen molar-refractivity contribution in [2.24, 2.45) is 0 Å². The molecule has 2 aliphatic rings. The van der Waals surface area contributed by atoms with Gasteiger partial charge in [0.25, 0.3) is 0 Å². The van der Waals surface area contributed by atoms with E-state index in [-0.39, 0.29) is 0 Å². The lowest BCUT2D eigenvalue weighted by molar-refractivity contribution is 0.712. The molecule has 1 unspecified atom stereocenters. The second kappa shape index (κ2) is 13.2. The molecule has 0 saturated carbocycles. The Balaban J connectivity index is 1.10. The van der Waals surface area contributed by atoms with Crippen LogP contribution in [0, 0.1) is 0 Å². The van der Waals surface area contributed by atoms with Gasteiger partial charge in [-0.25, -0.2) is 4.98 Å². The van der Waals surface area contributed by atoms with Gasteiger partial charge in [0.1, 0.15) is 5.82 Å². The van der Waals surface area contributed by atoms with E-state index >= 15 is 0 Å². The molecule has 0 N–H and O–H groups in total. The number of rotatable bonds is 4. The zero-order valence-corrected chi connectivity index (χ0v) is 34.8. The van der Waals surface area contributed by atoms with Crippen molar-refractivity contribution in [3.8, 4) is 28.5 Å². The van der Waals surface area contributed by atoms with Crippen molar-refractivity contribution >= 4 is 67.2 Å². The lowest BCUT2D eigenvalue weighted by Gasteiger charge is -2.45. The molecule has 5 heteroatoms. The highest BCUT2D eigenvalue weighted by Gasteiger charge is 2.48. The third-order valence-corrected chi connectivity index (χ3v) is 14.4. The molecule has 0 aliphatic carbocycles. The quantitative estimate of drug-likeness (QED) is 0.177. The van der Waals surface area contributed by atoms with Crippen LogP contribution in [0.2, 0.25) is 0 Å². The largest absolute Gasteiger partial charge is 0.309 e. The number of aromatic nitrogens is 4. The Morgan fingerprint density at radius 2 is 1.16 bits per heavy atom. The van der Waals surface area contributed by atoms with Gasteiger partial charge in [0.2, 0.25) is 0 Å². The van der Waals surface area contributed by atoms with Crippen LogP contribution < -0.4 is 10.6 Å². The highest BCUT2D eigenvalue weighted by atomic mass is 32.2. The molecule has 11 aromatic rings. The molecule has 0 amide bonds. The second-order valence-electron chi connectivity index (χ2n) is 16.4. The van der Waals surface area contributed by atoms with Crippen LogP contribution in [0.4, 0.5) is 0 Å². The molecule has 3 aromatic heterocycles. The summed E-state index contributed by atoms with van der Waals surface area (Å²) in [6, 6.07) is 68.7. The van der Waals surface area contributed by atoms with E-state index in [0.717, 1.165) is 33.8 Å². The molecule has 8 aromatic carbocycles. The van der Waals surface area contributed by atoms with Gasteiger partial charge in [-0.05, 0) is 114 Å². The molecule has 2 aliphatic heterocycles. The van der Waals surface area contributed by atoms with Crippen LogP contribution in [0.1, 0.15) is 23.6 Å². The standard InChI is InChI=1S/C57H38N4S/c1-3-17-42-40-20-7-13-26-49(40)61-50-27-14-9-22-44(50)57(36(2)55(42)61)45-23-10-16-29-53(45)62-54-34-43-41-21-8-12-25-48(41)59(52(43)35-46(54)57)39-32-30-37(31-33-39)56-58-47-24-11-15-28-51(47)60(56)38-18-5-4-6-19-38/h3-35H,1H2,2H3/b42-17-. The van der Waals surface area contributed by atoms with Gasteiger partial charge in [-0.2, -0.15) is 0 Å². The number of para-hydroxylation sites is 6. The van der Waals surface area contributed by atoms with E-state index in [9.17, 15) is 0 Å². The van der Waals surface area contributed by atoms with Crippen LogP contribution >= 0.6 is 11.8 Å². The Morgan fingerprint density at radius 1 is 0.516 bits per heavy atom. The number of allylic oxidation sites excluding steroid dienone is 1. The van der Waals surface area contributed by atoms with Gasteiger partial charge in [0, 0.05) is 48.1 Å². The zero-order chi connectivity index (χ0) is 41.1. The first-order chi connectivity index (χ1) is 30.6. The first-order valence-corrected chi connectivity index (χ1v) is 22.0. The number of nitrogens with zero attached hydrogens (tertiary/aromatic N) is 4. The fourth-order valence-corrected chi connectivity index (χ4v) is 12.0. The Hall–Kier alpha value is -7.60. The molecule has 13 rings (SSSR count). The molecule has 0 saturated heterocycles. The summed E-state index contributed by atoms with van der Waals surface area (Å²) in [7, 11) is 0. The van der Waals surface area contributed by atoms with Crippen LogP contribution in [-0.4, -0.2) is 18.7 Å². The fraction of sp³-hybridized carbons (Fsp3) is 0.0351. The Morgan fingerprint density at radius 3 is 1.97 bits per heavy atom. The van der Waals surface area contributed by atoms with Crippen LogP contribution in [0.25, 0.3) is 83.8 Å². The van der Waals surface area contributed by atoms with Crippen molar-refractivity contribution in [3.05, 3.63) is 228 Å². The Labute approximate surface area is 362 Å². The third-order valence-electron chi connectivity index (χ3n) is 13.3. The molecular formula is C57H38N4S. The van der Waals surface area contributed by atoms with Crippen LogP contribution in [0.15, 0.2) is 211 Å². The summed E-state index contributed by atoms with van der Waals surface area (Å²) in [5.74, 6) is 0.922. The van der Waals surface area contributed by atoms with Gasteiger partial charge < -0.3 is 9.13 Å². The maximum absolute atomic E-state index is 5.18. The van der Waals surface area contributed by atoms with Crippen LogP contribution in [0.5, 0.6) is 0 Å². The van der Waals surface area contributed by atoms with Gasteiger partial charge in [0.15, 0.2) is 0 Å². The lowest BCUT2D eigenvalue weighted by Crippen LogP contribution is -2.46. The van der Waals surface area contributed by atoms with Gasteiger partial charge >= 0.3 is 0 Å².